The van der Waals surface area contributed by atoms with Gasteiger partial charge in [-0.3, -0.25) is 0 Å². The number of nitrogens with zero attached hydrogens (tertiary/aromatic N) is 1. The smallest absolute Gasteiger partial charge is 0.295 e. The van der Waals surface area contributed by atoms with E-state index < -0.39 is 0 Å². The average molecular weight is 253 g/mol. The molecule has 0 heterocycles. The van der Waals surface area contributed by atoms with Crippen LogP contribution >= 0.6 is 0 Å². The topological polar surface area (TPSA) is 41.8 Å². The third-order valence-electron chi connectivity index (χ3n) is 2.61. The van der Waals surface area contributed by atoms with Crippen LogP contribution in [0.2, 0.25) is 0 Å². The van der Waals surface area contributed by atoms with Crippen molar-refractivity contribution in [1.29, 1.82) is 0 Å². The molecular formula is C16H15NO2. The Labute approximate surface area is 112 Å². The Morgan fingerprint density at radius 3 is 1.84 bits per heavy atom. The summed E-state index contributed by atoms with van der Waals surface area (Å²) in [7, 11) is 1.39. The van der Waals surface area contributed by atoms with Crippen LogP contribution in [0.15, 0.2) is 77.8 Å². The number of aliphatic hydroxyl groups excluding tert-OH is 1. The molecule has 2 aromatic carbocycles. The molecular weight excluding hydrogens is 238 g/mol. The summed E-state index contributed by atoms with van der Waals surface area (Å²) in [6.45, 7) is 0. The largest absolute Gasteiger partial charge is 0.480 e. The van der Waals surface area contributed by atoms with Crippen LogP contribution in [-0.2, 0) is 4.74 Å². The lowest BCUT2D eigenvalue weighted by atomic mass is 10.0. The van der Waals surface area contributed by atoms with E-state index in [9.17, 15) is 5.11 Å². The molecule has 19 heavy (non-hydrogen) atoms. The highest BCUT2D eigenvalue weighted by Gasteiger charge is 2.05. The van der Waals surface area contributed by atoms with E-state index in [0.717, 1.165) is 16.8 Å². The quantitative estimate of drug-likeness (QED) is 0.669. The summed E-state index contributed by atoms with van der Waals surface area (Å²) in [5.74, 6) is -0.218. The Bertz CT molecular complexity index is 533. The van der Waals surface area contributed by atoms with Crippen molar-refractivity contribution in [2.75, 3.05) is 7.11 Å². The van der Waals surface area contributed by atoms with Gasteiger partial charge in [0.05, 0.1) is 12.8 Å². The summed E-state index contributed by atoms with van der Waals surface area (Å²) in [6, 6.07) is 19.6. The van der Waals surface area contributed by atoms with Gasteiger partial charge in [-0.15, -0.1) is 0 Å². The molecule has 0 atom stereocenters. The number of hydrogen-bond donors (Lipinski definition) is 1. The van der Waals surface area contributed by atoms with Crippen molar-refractivity contribution < 1.29 is 9.84 Å². The summed E-state index contributed by atoms with van der Waals surface area (Å²) < 4.78 is 4.68. The second kappa shape index (κ2) is 6.40. The molecule has 1 N–H and O–H groups in total. The number of aliphatic hydroxyl groups is 1. The van der Waals surface area contributed by atoms with E-state index in [0.29, 0.717) is 0 Å². The minimum absolute atomic E-state index is 0.218. The highest BCUT2D eigenvalue weighted by Crippen LogP contribution is 2.11. The first-order valence-electron chi connectivity index (χ1n) is 5.93. The number of aliphatic imine (C=N–C) groups is 1. The summed E-state index contributed by atoms with van der Waals surface area (Å²) in [4.78, 5) is 4.31. The van der Waals surface area contributed by atoms with Crippen molar-refractivity contribution in [1.82, 2.24) is 0 Å². The number of methoxy groups -OCH3 is 1. The number of ether oxygens (including phenoxy) is 1. The Hall–Kier alpha value is -2.55. The first-order chi connectivity index (χ1) is 9.31. The second-order valence-electron chi connectivity index (χ2n) is 3.88. The van der Waals surface area contributed by atoms with Gasteiger partial charge in [-0.2, -0.15) is 0 Å². The second-order valence-corrected chi connectivity index (χ2v) is 3.88. The molecule has 0 radical (unpaired) electrons. The molecule has 3 nitrogen and oxygen atoms in total. The lowest BCUT2D eigenvalue weighted by Gasteiger charge is -2.06. The molecule has 0 spiro atoms. The third kappa shape index (κ3) is 3.45. The molecule has 0 bridgehead atoms. The number of benzene rings is 2. The molecule has 0 aliphatic heterocycles. The molecule has 0 fully saturated rings. The van der Waals surface area contributed by atoms with Crippen LogP contribution in [0.4, 0.5) is 0 Å². The lowest BCUT2D eigenvalue weighted by Crippen LogP contribution is -2.02. The van der Waals surface area contributed by atoms with Gasteiger partial charge in [-0.05, 0) is 0 Å². The normalized spacial score (nSPS) is 10.9. The fourth-order valence-corrected chi connectivity index (χ4v) is 1.68. The average Bonchev–Trinajstić information content (AvgIpc) is 2.49. The van der Waals surface area contributed by atoms with Crippen LogP contribution in [0.25, 0.3) is 0 Å². The molecule has 2 rings (SSSR count). The Balaban J connectivity index is 2.46. The standard InChI is InChI=1S/C16H15NO2/c1-19-15(18)12-17-16(13-8-4-2-5-9-13)14-10-6-3-7-11-14/h2-12,18H,1H3. The van der Waals surface area contributed by atoms with E-state index in [1.165, 1.54) is 13.3 Å². The van der Waals surface area contributed by atoms with Crippen LogP contribution in [0, 0.1) is 0 Å². The van der Waals surface area contributed by atoms with Gasteiger partial charge < -0.3 is 9.84 Å². The maximum absolute atomic E-state index is 9.33. The van der Waals surface area contributed by atoms with E-state index >= 15 is 0 Å². The summed E-state index contributed by atoms with van der Waals surface area (Å²) in [6.07, 6.45) is 1.30. The highest BCUT2D eigenvalue weighted by atomic mass is 16.6. The van der Waals surface area contributed by atoms with E-state index in [1.807, 2.05) is 60.7 Å². The van der Waals surface area contributed by atoms with Crippen LogP contribution < -0.4 is 0 Å². The van der Waals surface area contributed by atoms with Crippen LogP contribution in [0.3, 0.4) is 0 Å². The Morgan fingerprint density at radius 1 is 0.947 bits per heavy atom. The van der Waals surface area contributed by atoms with Crippen molar-refractivity contribution in [3.8, 4) is 0 Å². The van der Waals surface area contributed by atoms with Crippen LogP contribution in [0.1, 0.15) is 11.1 Å². The van der Waals surface area contributed by atoms with Gasteiger partial charge in [0.2, 0.25) is 0 Å². The van der Waals surface area contributed by atoms with E-state index in [4.69, 9.17) is 0 Å². The predicted octanol–water partition coefficient (Wildman–Crippen LogP) is 3.53. The SMILES string of the molecule is COC(O)=CN=C(c1ccccc1)c1ccccc1. The molecule has 0 amide bonds. The van der Waals surface area contributed by atoms with E-state index in [1.54, 1.807) is 0 Å². The summed E-state index contributed by atoms with van der Waals surface area (Å²) in [5, 5.41) is 9.33. The van der Waals surface area contributed by atoms with Crippen molar-refractivity contribution >= 4 is 5.71 Å². The van der Waals surface area contributed by atoms with Gasteiger partial charge in [-0.1, -0.05) is 60.7 Å². The zero-order valence-electron chi connectivity index (χ0n) is 10.7. The van der Waals surface area contributed by atoms with Gasteiger partial charge in [0.1, 0.15) is 6.20 Å². The minimum atomic E-state index is -0.218. The monoisotopic (exact) mass is 253 g/mol. The van der Waals surface area contributed by atoms with Gasteiger partial charge in [0, 0.05) is 11.1 Å². The minimum Gasteiger partial charge on any atom is -0.480 e. The maximum atomic E-state index is 9.33. The Kier molecular flexibility index (Phi) is 4.34. The van der Waals surface area contributed by atoms with Crippen molar-refractivity contribution in [2.24, 2.45) is 4.99 Å². The predicted molar refractivity (Wildman–Crippen MR) is 76.2 cm³/mol. The zero-order valence-corrected chi connectivity index (χ0v) is 10.7. The van der Waals surface area contributed by atoms with E-state index in [-0.39, 0.29) is 5.95 Å². The molecule has 96 valence electrons. The molecule has 0 unspecified atom stereocenters. The van der Waals surface area contributed by atoms with Crippen LogP contribution in [-0.4, -0.2) is 17.9 Å². The van der Waals surface area contributed by atoms with Crippen molar-refractivity contribution in [3.63, 3.8) is 0 Å². The number of hydrogen-bond acceptors (Lipinski definition) is 3. The van der Waals surface area contributed by atoms with Gasteiger partial charge in [0.15, 0.2) is 0 Å². The van der Waals surface area contributed by atoms with Crippen molar-refractivity contribution in [2.45, 2.75) is 0 Å². The first kappa shape index (κ1) is 12.9. The molecule has 2 aromatic rings. The summed E-state index contributed by atoms with van der Waals surface area (Å²) >= 11 is 0. The fraction of sp³-hybridized carbons (Fsp3) is 0.0625. The van der Waals surface area contributed by atoms with E-state index in [2.05, 4.69) is 9.73 Å². The van der Waals surface area contributed by atoms with Crippen molar-refractivity contribution in [3.05, 3.63) is 83.9 Å². The summed E-state index contributed by atoms with van der Waals surface area (Å²) in [5.41, 5.74) is 2.74. The maximum Gasteiger partial charge on any atom is 0.295 e. The Morgan fingerprint density at radius 2 is 1.42 bits per heavy atom. The molecule has 0 saturated heterocycles. The molecule has 0 saturated carbocycles. The first-order valence-corrected chi connectivity index (χ1v) is 5.93. The molecule has 3 heteroatoms. The molecule has 0 aromatic heterocycles. The van der Waals surface area contributed by atoms with Gasteiger partial charge in [-0.25, -0.2) is 4.99 Å². The zero-order chi connectivity index (χ0) is 13.5. The van der Waals surface area contributed by atoms with Gasteiger partial charge >= 0.3 is 0 Å². The molecule has 0 aliphatic rings. The van der Waals surface area contributed by atoms with Crippen LogP contribution in [0.5, 0.6) is 0 Å². The van der Waals surface area contributed by atoms with Gasteiger partial charge in [0.25, 0.3) is 5.95 Å². The number of rotatable bonds is 4. The lowest BCUT2D eigenvalue weighted by molar-refractivity contribution is 0.135. The third-order valence-corrected chi connectivity index (χ3v) is 2.61. The highest BCUT2D eigenvalue weighted by molar-refractivity contribution is 6.13. The fourth-order valence-electron chi connectivity index (χ4n) is 1.68. The molecule has 0 aliphatic carbocycles.